The van der Waals surface area contributed by atoms with E-state index in [2.05, 4.69) is 45.7 Å². The molecule has 0 aliphatic carbocycles. The number of rotatable bonds is 7. The van der Waals surface area contributed by atoms with Crippen LogP contribution in [0.4, 0.5) is 13.2 Å². The van der Waals surface area contributed by atoms with Crippen LogP contribution < -0.4 is 10.6 Å². The zero-order valence-corrected chi connectivity index (χ0v) is 18.4. The van der Waals surface area contributed by atoms with Crippen LogP contribution in [0.3, 0.4) is 0 Å². The molecule has 2 N–H and O–H groups in total. The number of aryl methyl sites for hydroxylation is 1. The number of thiazole rings is 1. The number of hydrogen-bond donors (Lipinski definition) is 2. The van der Waals surface area contributed by atoms with E-state index in [1.807, 2.05) is 13.0 Å². The first-order valence-corrected chi connectivity index (χ1v) is 9.35. The third-order valence-corrected chi connectivity index (χ3v) is 4.48. The first-order valence-electron chi connectivity index (χ1n) is 8.48. The number of aromatic nitrogens is 1. The Morgan fingerprint density at radius 3 is 2.63 bits per heavy atom. The van der Waals surface area contributed by atoms with Crippen LogP contribution in [0.1, 0.15) is 28.8 Å². The molecule has 4 nitrogen and oxygen atoms in total. The largest absolute Gasteiger partial charge is 0.434 e. The Labute approximate surface area is 178 Å². The third-order valence-electron chi connectivity index (χ3n) is 3.57. The maximum atomic E-state index is 12.6. The van der Waals surface area contributed by atoms with Crippen LogP contribution in [0.25, 0.3) is 0 Å². The lowest BCUT2D eigenvalue weighted by Gasteiger charge is -2.11. The highest BCUT2D eigenvalue weighted by molar-refractivity contribution is 14.0. The summed E-state index contributed by atoms with van der Waals surface area (Å²) in [5.74, 6) is 0.660. The van der Waals surface area contributed by atoms with Gasteiger partial charge in [0.15, 0.2) is 11.7 Å². The average Bonchev–Trinajstić information content (AvgIpc) is 3.04. The second kappa shape index (κ2) is 11.5. The Morgan fingerprint density at radius 2 is 2.00 bits per heavy atom. The second-order valence-corrected chi connectivity index (χ2v) is 6.74. The molecule has 0 amide bonds. The summed E-state index contributed by atoms with van der Waals surface area (Å²) in [4.78, 5) is 8.03. The van der Waals surface area contributed by atoms with Gasteiger partial charge in [-0.25, -0.2) is 4.98 Å². The van der Waals surface area contributed by atoms with E-state index in [0.717, 1.165) is 29.7 Å². The molecule has 0 unspecified atom stereocenters. The van der Waals surface area contributed by atoms with Gasteiger partial charge in [0.2, 0.25) is 0 Å². The van der Waals surface area contributed by atoms with Crippen molar-refractivity contribution in [3.05, 3.63) is 51.5 Å². The van der Waals surface area contributed by atoms with E-state index >= 15 is 0 Å². The monoisotopic (exact) mass is 512 g/mol. The predicted octanol–water partition coefficient (Wildman–Crippen LogP) is 4.43. The quantitative estimate of drug-likeness (QED) is 0.328. The molecular weight excluding hydrogens is 488 g/mol. The highest BCUT2D eigenvalue weighted by Crippen LogP contribution is 2.30. The number of hydrogen-bond acceptors (Lipinski definition) is 3. The van der Waals surface area contributed by atoms with Crippen LogP contribution in [0.15, 0.2) is 34.6 Å². The summed E-state index contributed by atoms with van der Waals surface area (Å²) in [5.41, 5.74) is 1.64. The van der Waals surface area contributed by atoms with E-state index in [0.29, 0.717) is 30.5 Å². The topological polar surface area (TPSA) is 49.3 Å². The molecule has 0 bridgehead atoms. The van der Waals surface area contributed by atoms with E-state index < -0.39 is 11.9 Å². The van der Waals surface area contributed by atoms with Gasteiger partial charge >= 0.3 is 6.18 Å². The van der Waals surface area contributed by atoms with Gasteiger partial charge in [-0.05, 0) is 25.8 Å². The molecule has 2 aromatic rings. The minimum atomic E-state index is -4.38. The molecule has 0 aliphatic rings. The molecule has 1 aromatic heterocycles. The van der Waals surface area contributed by atoms with E-state index in [9.17, 15) is 13.2 Å². The van der Waals surface area contributed by atoms with Gasteiger partial charge in [-0.2, -0.15) is 13.2 Å². The first-order chi connectivity index (χ1) is 12.4. The van der Waals surface area contributed by atoms with Crippen molar-refractivity contribution in [2.45, 2.75) is 32.9 Å². The van der Waals surface area contributed by atoms with Crippen LogP contribution in [-0.4, -0.2) is 30.6 Å². The normalized spacial score (nSPS) is 11.8. The molecule has 0 aliphatic heterocycles. The van der Waals surface area contributed by atoms with E-state index in [1.54, 1.807) is 0 Å². The highest BCUT2D eigenvalue weighted by Gasteiger charge is 2.33. The van der Waals surface area contributed by atoms with Crippen LogP contribution in [0, 0.1) is 6.92 Å². The van der Waals surface area contributed by atoms with E-state index in [4.69, 9.17) is 0 Å². The van der Waals surface area contributed by atoms with Crippen molar-refractivity contribution in [1.82, 2.24) is 15.6 Å². The summed E-state index contributed by atoms with van der Waals surface area (Å²) >= 11 is 1.02. The minimum Gasteiger partial charge on any atom is -0.357 e. The molecule has 2 rings (SSSR count). The van der Waals surface area contributed by atoms with Crippen molar-refractivity contribution in [2.24, 2.45) is 4.99 Å². The summed E-state index contributed by atoms with van der Waals surface area (Å²) in [5, 5.41) is 7.87. The van der Waals surface area contributed by atoms with Gasteiger partial charge in [0.25, 0.3) is 0 Å². The van der Waals surface area contributed by atoms with E-state index in [-0.39, 0.29) is 24.0 Å². The van der Waals surface area contributed by atoms with Gasteiger partial charge < -0.3 is 10.6 Å². The standard InChI is InChI=1S/C18H23F3N4S.HI/c1-3-22-17(23-9-7-14-6-4-5-13(2)11-14)24-10-8-16-25-15(12-26-16)18(19,20)21;/h4-6,11-12H,3,7-10H2,1-2H3,(H2,22,23,24);1H. The van der Waals surface area contributed by atoms with Gasteiger partial charge in [-0.3, -0.25) is 4.99 Å². The molecule has 9 heteroatoms. The molecular formula is C18H24F3IN4S. The number of aliphatic imine (C=N–C) groups is 1. The Bertz CT molecular complexity index is 731. The Kier molecular flexibility index (Phi) is 10.1. The first kappa shape index (κ1) is 23.7. The van der Waals surface area contributed by atoms with Crippen LogP contribution in [0.2, 0.25) is 0 Å². The number of alkyl halides is 3. The zero-order valence-electron chi connectivity index (χ0n) is 15.3. The van der Waals surface area contributed by atoms with Gasteiger partial charge in [-0.1, -0.05) is 29.8 Å². The van der Waals surface area contributed by atoms with Gasteiger partial charge in [0.1, 0.15) is 0 Å². The van der Waals surface area contributed by atoms with Crippen molar-refractivity contribution in [3.63, 3.8) is 0 Å². The predicted molar refractivity (Wildman–Crippen MR) is 115 cm³/mol. The molecule has 0 saturated heterocycles. The number of nitrogens with zero attached hydrogens (tertiary/aromatic N) is 2. The van der Waals surface area contributed by atoms with Gasteiger partial charge in [0, 0.05) is 31.4 Å². The molecule has 0 saturated carbocycles. The van der Waals surface area contributed by atoms with Crippen molar-refractivity contribution in [3.8, 4) is 0 Å². The van der Waals surface area contributed by atoms with Crippen molar-refractivity contribution < 1.29 is 13.2 Å². The second-order valence-electron chi connectivity index (χ2n) is 5.80. The molecule has 1 heterocycles. The van der Waals surface area contributed by atoms with E-state index in [1.165, 1.54) is 11.1 Å². The number of benzene rings is 1. The maximum Gasteiger partial charge on any atom is 0.434 e. The smallest absolute Gasteiger partial charge is 0.357 e. The molecule has 0 radical (unpaired) electrons. The molecule has 0 spiro atoms. The van der Waals surface area contributed by atoms with Crippen LogP contribution >= 0.6 is 35.3 Å². The molecule has 150 valence electrons. The lowest BCUT2D eigenvalue weighted by molar-refractivity contribution is -0.140. The van der Waals surface area contributed by atoms with Gasteiger partial charge in [0.05, 0.1) is 5.01 Å². The van der Waals surface area contributed by atoms with Crippen LogP contribution in [0.5, 0.6) is 0 Å². The zero-order chi connectivity index (χ0) is 19.0. The fraction of sp³-hybridized carbons (Fsp3) is 0.444. The lowest BCUT2D eigenvalue weighted by Crippen LogP contribution is -2.38. The maximum absolute atomic E-state index is 12.6. The summed E-state index contributed by atoms with van der Waals surface area (Å²) < 4.78 is 37.7. The summed E-state index contributed by atoms with van der Waals surface area (Å²) in [6, 6.07) is 8.32. The number of guanidine groups is 1. The third kappa shape index (κ3) is 8.46. The Morgan fingerprint density at radius 1 is 1.22 bits per heavy atom. The summed E-state index contributed by atoms with van der Waals surface area (Å²) in [7, 11) is 0. The summed E-state index contributed by atoms with van der Waals surface area (Å²) in [6.45, 7) is 5.85. The molecule has 27 heavy (non-hydrogen) atoms. The Balaban J connectivity index is 0.00000364. The minimum absolute atomic E-state index is 0. The number of halogens is 4. The highest BCUT2D eigenvalue weighted by atomic mass is 127. The van der Waals surface area contributed by atoms with Crippen molar-refractivity contribution in [1.29, 1.82) is 0 Å². The van der Waals surface area contributed by atoms with Gasteiger partial charge in [-0.15, -0.1) is 35.3 Å². The van der Waals surface area contributed by atoms with Crippen molar-refractivity contribution in [2.75, 3.05) is 19.6 Å². The fourth-order valence-corrected chi connectivity index (χ4v) is 3.15. The van der Waals surface area contributed by atoms with Crippen LogP contribution in [-0.2, 0) is 19.0 Å². The number of nitrogens with one attached hydrogen (secondary N) is 2. The molecule has 1 aromatic carbocycles. The molecule has 0 fully saturated rings. The molecule has 0 atom stereocenters. The summed E-state index contributed by atoms with van der Waals surface area (Å²) in [6.07, 6.45) is -3.13. The lowest BCUT2D eigenvalue weighted by atomic mass is 10.1. The SMILES string of the molecule is CCNC(=NCCc1nc(C(F)(F)F)cs1)NCCc1cccc(C)c1.I. The van der Waals surface area contributed by atoms with Crippen molar-refractivity contribution >= 4 is 41.3 Å². The average molecular weight is 512 g/mol. The fourth-order valence-electron chi connectivity index (χ4n) is 2.35. The Hall–Kier alpha value is -1.36.